The van der Waals surface area contributed by atoms with E-state index in [1.807, 2.05) is 24.3 Å². The average molecular weight is 329 g/mol. The molecule has 1 N–H and O–H groups in total. The molecule has 4 heteroatoms. The number of rotatable bonds is 5. The molecular weight excluding hydrogens is 314 g/mol. The van der Waals surface area contributed by atoms with Gasteiger partial charge in [-0.15, -0.1) is 0 Å². The molecule has 0 saturated heterocycles. The second kappa shape index (κ2) is 6.41. The minimum Gasteiger partial charge on any atom is -0.472 e. The van der Waals surface area contributed by atoms with E-state index in [2.05, 4.69) is 28.2 Å². The van der Waals surface area contributed by atoms with Crippen molar-refractivity contribution in [2.45, 2.75) is 19.4 Å². The van der Waals surface area contributed by atoms with E-state index in [4.69, 9.17) is 16.0 Å². The monoisotopic (exact) mass is 327 g/mol. The topological polar surface area (TPSA) is 25.2 Å². The van der Waals surface area contributed by atoms with Crippen LogP contribution >= 0.6 is 27.5 Å². The van der Waals surface area contributed by atoms with E-state index in [-0.39, 0.29) is 6.04 Å². The number of hydrogen-bond acceptors (Lipinski definition) is 2. The first kappa shape index (κ1) is 13.7. The molecule has 0 spiro atoms. The van der Waals surface area contributed by atoms with Crippen molar-refractivity contribution < 1.29 is 4.42 Å². The Kier molecular flexibility index (Phi) is 4.87. The van der Waals surface area contributed by atoms with Gasteiger partial charge in [0.2, 0.25) is 0 Å². The first-order valence-electron chi connectivity index (χ1n) is 5.93. The number of furan rings is 1. The zero-order valence-electron chi connectivity index (χ0n) is 10.1. The van der Waals surface area contributed by atoms with E-state index in [9.17, 15) is 0 Å². The van der Waals surface area contributed by atoms with Crippen molar-refractivity contribution in [2.75, 3.05) is 6.54 Å². The smallest absolute Gasteiger partial charge is 0.0953 e. The Bertz CT molecular complexity index is 478. The predicted molar refractivity (Wildman–Crippen MR) is 78.0 cm³/mol. The predicted octanol–water partition coefficient (Wildman–Crippen LogP) is 4.78. The highest BCUT2D eigenvalue weighted by molar-refractivity contribution is 9.10. The molecule has 0 fully saturated rings. The summed E-state index contributed by atoms with van der Waals surface area (Å²) in [5, 5.41) is 4.24. The van der Waals surface area contributed by atoms with Crippen molar-refractivity contribution in [1.82, 2.24) is 5.32 Å². The van der Waals surface area contributed by atoms with Gasteiger partial charge in [-0.3, -0.25) is 0 Å². The average Bonchev–Trinajstić information content (AvgIpc) is 2.86. The molecule has 1 heterocycles. The molecule has 96 valence electrons. The van der Waals surface area contributed by atoms with E-state index in [0.29, 0.717) is 0 Å². The number of halogens is 2. The zero-order valence-corrected chi connectivity index (χ0v) is 12.5. The summed E-state index contributed by atoms with van der Waals surface area (Å²) in [6, 6.07) is 7.85. The zero-order chi connectivity index (χ0) is 13.0. The van der Waals surface area contributed by atoms with Crippen LogP contribution in [0.1, 0.15) is 30.5 Å². The second-order valence-corrected chi connectivity index (χ2v) is 5.34. The molecule has 0 aliphatic heterocycles. The number of nitrogens with one attached hydrogen (secondary N) is 1. The van der Waals surface area contributed by atoms with Crippen LogP contribution in [0.25, 0.3) is 0 Å². The van der Waals surface area contributed by atoms with Crippen molar-refractivity contribution in [2.24, 2.45) is 0 Å². The van der Waals surface area contributed by atoms with Gasteiger partial charge in [0.25, 0.3) is 0 Å². The molecular formula is C14H15BrClNO. The van der Waals surface area contributed by atoms with Crippen molar-refractivity contribution in [3.8, 4) is 0 Å². The van der Waals surface area contributed by atoms with Gasteiger partial charge >= 0.3 is 0 Å². The van der Waals surface area contributed by atoms with Crippen LogP contribution in [-0.4, -0.2) is 6.54 Å². The molecule has 0 bridgehead atoms. The Morgan fingerprint density at radius 3 is 2.83 bits per heavy atom. The van der Waals surface area contributed by atoms with Gasteiger partial charge in [-0.2, -0.15) is 0 Å². The van der Waals surface area contributed by atoms with E-state index >= 15 is 0 Å². The quantitative estimate of drug-likeness (QED) is 0.854. The van der Waals surface area contributed by atoms with E-state index in [0.717, 1.165) is 33.6 Å². The third-order valence-electron chi connectivity index (χ3n) is 2.76. The lowest BCUT2D eigenvalue weighted by Gasteiger charge is -2.20. The third-order valence-corrected chi connectivity index (χ3v) is 3.78. The Balaban J connectivity index is 2.40. The van der Waals surface area contributed by atoms with Gasteiger partial charge in [0.1, 0.15) is 0 Å². The van der Waals surface area contributed by atoms with Crippen LogP contribution in [0.2, 0.25) is 5.02 Å². The van der Waals surface area contributed by atoms with Crippen molar-refractivity contribution in [3.05, 3.63) is 57.4 Å². The summed E-state index contributed by atoms with van der Waals surface area (Å²) >= 11 is 9.89. The summed E-state index contributed by atoms with van der Waals surface area (Å²) < 4.78 is 6.18. The molecule has 0 aliphatic carbocycles. The highest BCUT2D eigenvalue weighted by Gasteiger charge is 2.19. The summed E-state index contributed by atoms with van der Waals surface area (Å²) in [6.45, 7) is 3.06. The molecule has 1 aromatic carbocycles. The minimum absolute atomic E-state index is 0.0479. The molecule has 2 rings (SSSR count). The highest BCUT2D eigenvalue weighted by Crippen LogP contribution is 2.34. The fraction of sp³-hybridized carbons (Fsp3) is 0.286. The molecule has 0 amide bonds. The molecule has 0 aliphatic rings. The Morgan fingerprint density at radius 2 is 2.22 bits per heavy atom. The molecule has 18 heavy (non-hydrogen) atoms. The van der Waals surface area contributed by atoms with Gasteiger partial charge in [-0.25, -0.2) is 0 Å². The normalized spacial score (nSPS) is 12.6. The maximum Gasteiger partial charge on any atom is 0.0953 e. The summed E-state index contributed by atoms with van der Waals surface area (Å²) in [6.07, 6.45) is 4.50. The molecule has 1 unspecified atom stereocenters. The van der Waals surface area contributed by atoms with Crippen LogP contribution < -0.4 is 5.32 Å². The van der Waals surface area contributed by atoms with Gasteiger partial charge in [0.05, 0.1) is 18.6 Å². The number of hydrogen-bond donors (Lipinski definition) is 1. The maximum absolute atomic E-state index is 6.32. The minimum atomic E-state index is 0.0479. The van der Waals surface area contributed by atoms with E-state index in [1.54, 1.807) is 12.5 Å². The van der Waals surface area contributed by atoms with Gasteiger partial charge in [-0.1, -0.05) is 40.5 Å². The lowest BCUT2D eigenvalue weighted by Crippen LogP contribution is -2.23. The molecule has 0 radical (unpaired) electrons. The summed E-state index contributed by atoms with van der Waals surface area (Å²) in [4.78, 5) is 0. The second-order valence-electron chi connectivity index (χ2n) is 4.08. The summed E-state index contributed by atoms with van der Waals surface area (Å²) in [5.41, 5.74) is 2.13. The number of benzene rings is 1. The van der Waals surface area contributed by atoms with E-state index < -0.39 is 0 Å². The van der Waals surface area contributed by atoms with Crippen molar-refractivity contribution in [3.63, 3.8) is 0 Å². The molecule has 1 atom stereocenters. The van der Waals surface area contributed by atoms with Crippen molar-refractivity contribution in [1.29, 1.82) is 0 Å². The molecule has 2 nitrogen and oxygen atoms in total. The first-order chi connectivity index (χ1) is 8.74. The standard InChI is InChI=1S/C14H15BrClNO/c1-2-7-17-14(10-6-8-18-9-10)13-11(15)4-3-5-12(13)16/h3-6,8-9,14,17H,2,7H2,1H3. The first-order valence-corrected chi connectivity index (χ1v) is 7.10. The summed E-state index contributed by atoms with van der Waals surface area (Å²) in [5.74, 6) is 0. The Labute approximate surface area is 120 Å². The Hall–Kier alpha value is -0.770. The van der Waals surface area contributed by atoms with Gasteiger partial charge < -0.3 is 9.73 Å². The van der Waals surface area contributed by atoms with Crippen LogP contribution in [0.5, 0.6) is 0 Å². The largest absolute Gasteiger partial charge is 0.472 e. The van der Waals surface area contributed by atoms with E-state index in [1.165, 1.54) is 0 Å². The SMILES string of the molecule is CCCNC(c1ccoc1)c1c(Cl)cccc1Br. The maximum atomic E-state index is 6.32. The van der Waals surface area contributed by atoms with Crippen LogP contribution in [0.15, 0.2) is 45.7 Å². The van der Waals surface area contributed by atoms with Crippen molar-refractivity contribution >= 4 is 27.5 Å². The lowest BCUT2D eigenvalue weighted by atomic mass is 10.0. The lowest BCUT2D eigenvalue weighted by molar-refractivity contribution is 0.548. The van der Waals surface area contributed by atoms with Crippen LogP contribution in [0.4, 0.5) is 0 Å². The van der Waals surface area contributed by atoms with Crippen LogP contribution in [0.3, 0.4) is 0 Å². The summed E-state index contributed by atoms with van der Waals surface area (Å²) in [7, 11) is 0. The molecule has 2 aromatic rings. The van der Waals surface area contributed by atoms with Crippen LogP contribution in [0, 0.1) is 0 Å². The molecule has 1 aromatic heterocycles. The Morgan fingerprint density at radius 1 is 1.39 bits per heavy atom. The highest BCUT2D eigenvalue weighted by atomic mass is 79.9. The molecule has 0 saturated carbocycles. The fourth-order valence-corrected chi connectivity index (χ4v) is 2.89. The van der Waals surface area contributed by atoms with Gasteiger partial charge in [0, 0.05) is 20.6 Å². The van der Waals surface area contributed by atoms with Gasteiger partial charge in [0.15, 0.2) is 0 Å². The van der Waals surface area contributed by atoms with Crippen LogP contribution in [-0.2, 0) is 0 Å². The third kappa shape index (κ3) is 2.97. The fourth-order valence-electron chi connectivity index (χ4n) is 1.90. The van der Waals surface area contributed by atoms with Gasteiger partial charge in [-0.05, 0) is 31.2 Å².